The Morgan fingerprint density at radius 3 is 2.63 bits per heavy atom. The van der Waals surface area contributed by atoms with Crippen molar-refractivity contribution in [2.75, 3.05) is 0 Å². The van der Waals surface area contributed by atoms with Crippen LogP contribution in [0, 0.1) is 5.92 Å². The zero-order valence-electron chi connectivity index (χ0n) is 21.6. The average molecular weight is 553 g/mol. The van der Waals surface area contributed by atoms with Crippen molar-refractivity contribution in [2.45, 2.75) is 84.3 Å². The lowest BCUT2D eigenvalue weighted by molar-refractivity contribution is -0.287. The maximum atomic E-state index is 13.6. The molecule has 3 heterocycles. The normalized spacial score (nSPS) is 16.6. The van der Waals surface area contributed by atoms with E-state index in [9.17, 15) is 13.6 Å². The number of nitrogens with zero attached hydrogens (tertiary/aromatic N) is 4. The molecule has 0 radical (unpaired) electrons. The van der Waals surface area contributed by atoms with Gasteiger partial charge in [-0.3, -0.25) is 4.79 Å². The Kier molecular flexibility index (Phi) is 8.08. The van der Waals surface area contributed by atoms with Crippen LogP contribution in [0.5, 0.6) is 11.5 Å². The van der Waals surface area contributed by atoms with Crippen LogP contribution in [0.15, 0.2) is 28.8 Å². The van der Waals surface area contributed by atoms with Gasteiger partial charge in [0.05, 0.1) is 6.10 Å². The third kappa shape index (κ3) is 6.15. The standard InChI is InChI=1S/C26H30F2N4O5.ClH/c1-14(2)10-19-13-20(31-37-19)24-29-30-25(32(24)17-8-9-17)22(34-15(3)4)12-18(33)11-16-6-5-7-21-23(16)36-26(27,28)35-21;/h5-7,13-15,17,22H,8-12H2,1-4H3;1H/t22-;/m0./s1. The smallest absolute Gasteiger partial charge is 0.395 e. The monoisotopic (exact) mass is 552 g/mol. The lowest BCUT2D eigenvalue weighted by atomic mass is 10.0. The minimum atomic E-state index is -3.75. The molecule has 0 saturated heterocycles. The summed E-state index contributed by atoms with van der Waals surface area (Å²) in [7, 11) is 0. The molecule has 1 saturated carbocycles. The minimum absolute atomic E-state index is 0. The van der Waals surface area contributed by atoms with Crippen molar-refractivity contribution < 1.29 is 32.3 Å². The summed E-state index contributed by atoms with van der Waals surface area (Å²) in [6.45, 7) is 7.96. The number of hydrogen-bond donors (Lipinski definition) is 0. The molecule has 0 amide bonds. The number of ether oxygens (including phenoxy) is 3. The number of carbonyl (C=O) groups is 1. The third-order valence-electron chi connectivity index (χ3n) is 6.07. The molecule has 1 aromatic carbocycles. The number of rotatable bonds is 11. The summed E-state index contributed by atoms with van der Waals surface area (Å²) in [6.07, 6.45) is -2.07. The lowest BCUT2D eigenvalue weighted by Gasteiger charge is -2.20. The quantitative estimate of drug-likeness (QED) is 0.291. The summed E-state index contributed by atoms with van der Waals surface area (Å²) in [5.74, 6) is 1.88. The number of Topliss-reactive ketones (excluding diaryl/α,β-unsaturated/α-hetero) is 1. The maximum absolute atomic E-state index is 13.6. The number of ketones is 1. The van der Waals surface area contributed by atoms with E-state index in [1.54, 1.807) is 12.1 Å². The van der Waals surface area contributed by atoms with E-state index >= 15 is 0 Å². The van der Waals surface area contributed by atoms with Gasteiger partial charge in [0.15, 0.2) is 28.8 Å². The second-order valence-corrected chi connectivity index (χ2v) is 10.3. The molecule has 1 atom stereocenters. The Balaban J connectivity index is 0.00000336. The molecule has 0 N–H and O–H groups in total. The molecule has 1 aliphatic carbocycles. The van der Waals surface area contributed by atoms with E-state index in [2.05, 4.69) is 38.7 Å². The van der Waals surface area contributed by atoms with Crippen LogP contribution in [0.3, 0.4) is 0 Å². The van der Waals surface area contributed by atoms with Gasteiger partial charge in [-0.1, -0.05) is 31.1 Å². The van der Waals surface area contributed by atoms with Gasteiger partial charge >= 0.3 is 6.29 Å². The van der Waals surface area contributed by atoms with Crippen LogP contribution >= 0.6 is 12.4 Å². The van der Waals surface area contributed by atoms with Crippen LogP contribution in [-0.2, 0) is 22.4 Å². The minimum Gasteiger partial charge on any atom is -0.395 e. The molecule has 3 aromatic rings. The highest BCUT2D eigenvalue weighted by atomic mass is 35.5. The van der Waals surface area contributed by atoms with E-state index in [0.29, 0.717) is 28.8 Å². The van der Waals surface area contributed by atoms with E-state index in [-0.39, 0.29) is 54.7 Å². The van der Waals surface area contributed by atoms with Crippen molar-refractivity contribution >= 4 is 18.2 Å². The van der Waals surface area contributed by atoms with Crippen molar-refractivity contribution in [1.29, 1.82) is 0 Å². The Hall–Kier alpha value is -3.05. The van der Waals surface area contributed by atoms with Gasteiger partial charge in [-0.05, 0) is 38.7 Å². The van der Waals surface area contributed by atoms with E-state index < -0.39 is 12.4 Å². The van der Waals surface area contributed by atoms with Crippen LogP contribution in [0.2, 0.25) is 0 Å². The van der Waals surface area contributed by atoms with Gasteiger partial charge in [-0.15, -0.1) is 31.4 Å². The number of aromatic nitrogens is 4. The molecule has 0 spiro atoms. The molecule has 5 rings (SSSR count). The molecule has 1 fully saturated rings. The first-order chi connectivity index (χ1) is 17.6. The SMILES string of the molecule is CC(C)Cc1cc(-c2nnc([C@H](CC(=O)Cc3cccc4c3OC(F)(F)O4)OC(C)C)n2C2CC2)no1.Cl. The highest BCUT2D eigenvalue weighted by molar-refractivity contribution is 5.85. The predicted molar refractivity (Wildman–Crippen MR) is 135 cm³/mol. The topological polar surface area (TPSA) is 102 Å². The van der Waals surface area contributed by atoms with Crippen LogP contribution in [-0.4, -0.2) is 38.1 Å². The summed E-state index contributed by atoms with van der Waals surface area (Å²) in [6, 6.07) is 6.57. The lowest BCUT2D eigenvalue weighted by Crippen LogP contribution is -2.26. The number of fused-ring (bicyclic) bond motifs is 1. The Morgan fingerprint density at radius 2 is 1.95 bits per heavy atom. The number of para-hydroxylation sites is 1. The number of alkyl halides is 2. The fourth-order valence-electron chi connectivity index (χ4n) is 4.49. The van der Waals surface area contributed by atoms with Gasteiger partial charge in [-0.2, -0.15) is 0 Å². The molecule has 2 aromatic heterocycles. The van der Waals surface area contributed by atoms with E-state index in [4.69, 9.17) is 9.26 Å². The summed E-state index contributed by atoms with van der Waals surface area (Å²) >= 11 is 0. The first-order valence-electron chi connectivity index (χ1n) is 12.5. The third-order valence-corrected chi connectivity index (χ3v) is 6.07. The zero-order chi connectivity index (χ0) is 26.3. The van der Waals surface area contributed by atoms with E-state index in [1.165, 1.54) is 6.07 Å². The highest BCUT2D eigenvalue weighted by Gasteiger charge is 2.44. The summed E-state index contributed by atoms with van der Waals surface area (Å²) in [4.78, 5) is 13.2. The molecular formula is C26H31ClF2N4O5. The van der Waals surface area contributed by atoms with Crippen molar-refractivity contribution in [3.8, 4) is 23.0 Å². The van der Waals surface area contributed by atoms with Crippen LogP contribution in [0.1, 0.15) is 76.3 Å². The fraction of sp³-hybridized carbons (Fsp3) is 0.538. The Bertz CT molecular complexity index is 1290. The van der Waals surface area contributed by atoms with Crippen molar-refractivity contribution in [1.82, 2.24) is 19.9 Å². The van der Waals surface area contributed by atoms with Crippen molar-refractivity contribution in [3.05, 3.63) is 41.4 Å². The van der Waals surface area contributed by atoms with Gasteiger partial charge in [0.25, 0.3) is 0 Å². The summed E-state index contributed by atoms with van der Waals surface area (Å²) in [5, 5.41) is 13.0. The van der Waals surface area contributed by atoms with Gasteiger partial charge in [0.1, 0.15) is 17.6 Å². The molecule has 0 unspecified atom stereocenters. The number of carbonyl (C=O) groups excluding carboxylic acids is 1. The number of halogens is 3. The molecule has 206 valence electrons. The maximum Gasteiger partial charge on any atom is 0.586 e. The molecule has 0 bridgehead atoms. The Morgan fingerprint density at radius 1 is 1.18 bits per heavy atom. The summed E-state index contributed by atoms with van der Waals surface area (Å²) < 4.78 is 49.9. The van der Waals surface area contributed by atoms with Crippen LogP contribution in [0.25, 0.3) is 11.5 Å². The molecule has 38 heavy (non-hydrogen) atoms. The van der Waals surface area contributed by atoms with Gasteiger partial charge < -0.3 is 23.3 Å². The Labute approximate surface area is 225 Å². The van der Waals surface area contributed by atoms with Crippen molar-refractivity contribution in [3.63, 3.8) is 0 Å². The van der Waals surface area contributed by atoms with E-state index in [1.807, 2.05) is 24.5 Å². The fourth-order valence-corrected chi connectivity index (χ4v) is 4.49. The number of hydrogen-bond acceptors (Lipinski definition) is 8. The van der Waals surface area contributed by atoms with E-state index in [0.717, 1.165) is 25.0 Å². The highest BCUT2D eigenvalue weighted by Crippen LogP contribution is 2.44. The van der Waals surface area contributed by atoms with Gasteiger partial charge in [0, 0.05) is 36.9 Å². The largest absolute Gasteiger partial charge is 0.586 e. The molecule has 12 heteroatoms. The molecule has 9 nitrogen and oxygen atoms in total. The van der Waals surface area contributed by atoms with Crippen molar-refractivity contribution in [2.24, 2.45) is 5.92 Å². The number of benzene rings is 1. The average Bonchev–Trinajstić information content (AvgIpc) is 3.21. The van der Waals surface area contributed by atoms with Gasteiger partial charge in [-0.25, -0.2) is 0 Å². The molecule has 2 aliphatic rings. The first-order valence-corrected chi connectivity index (χ1v) is 12.5. The van der Waals surface area contributed by atoms with Crippen LogP contribution < -0.4 is 9.47 Å². The van der Waals surface area contributed by atoms with Gasteiger partial charge in [0.2, 0.25) is 0 Å². The summed E-state index contributed by atoms with van der Waals surface area (Å²) in [5.41, 5.74) is 0.918. The second-order valence-electron chi connectivity index (χ2n) is 10.3. The molecular weight excluding hydrogens is 522 g/mol. The van der Waals surface area contributed by atoms with Crippen LogP contribution in [0.4, 0.5) is 8.78 Å². The second kappa shape index (κ2) is 11.0. The zero-order valence-corrected chi connectivity index (χ0v) is 22.5. The first kappa shape index (κ1) is 28.0. The predicted octanol–water partition coefficient (Wildman–Crippen LogP) is 5.88. The molecule has 1 aliphatic heterocycles.